The summed E-state index contributed by atoms with van der Waals surface area (Å²) in [6.45, 7) is 3.50. The SMILES string of the molecule is CCc1ccc(Oc2ccc(COc3cc4n(c(=O)n3)CCN4C)cc2C#N)cc1C#N. The van der Waals surface area contributed by atoms with Gasteiger partial charge >= 0.3 is 5.69 Å². The molecular formula is C24H21N5O3. The Hall–Kier alpha value is -4.30. The lowest BCUT2D eigenvalue weighted by Gasteiger charge is -2.13. The van der Waals surface area contributed by atoms with Crippen LogP contribution in [0.3, 0.4) is 0 Å². The van der Waals surface area contributed by atoms with Gasteiger partial charge in [0.1, 0.15) is 30.0 Å². The molecule has 2 aromatic carbocycles. The molecule has 0 unspecified atom stereocenters. The van der Waals surface area contributed by atoms with Gasteiger partial charge in [-0.2, -0.15) is 15.5 Å². The van der Waals surface area contributed by atoms with Gasteiger partial charge in [-0.15, -0.1) is 0 Å². The molecule has 0 fully saturated rings. The number of hydrogen-bond donors (Lipinski definition) is 0. The van der Waals surface area contributed by atoms with E-state index in [9.17, 15) is 15.3 Å². The standard InChI is InChI=1S/C24H21N5O3/c1-3-17-5-6-20(11-18(17)13-25)32-21-7-4-16(10-19(21)14-26)15-31-22-12-23-28(2)8-9-29(23)24(30)27-22/h4-7,10-12H,3,8-9,15H2,1-2H3. The molecule has 1 aliphatic rings. The molecule has 0 aliphatic carbocycles. The van der Waals surface area contributed by atoms with Gasteiger partial charge in [0.2, 0.25) is 5.88 Å². The Morgan fingerprint density at radius 1 is 1.06 bits per heavy atom. The lowest BCUT2D eigenvalue weighted by atomic mass is 10.1. The highest BCUT2D eigenvalue weighted by molar-refractivity contribution is 5.50. The van der Waals surface area contributed by atoms with Gasteiger partial charge in [-0.3, -0.25) is 4.57 Å². The smallest absolute Gasteiger partial charge is 0.352 e. The van der Waals surface area contributed by atoms with Crippen LogP contribution in [-0.2, 0) is 19.6 Å². The summed E-state index contributed by atoms with van der Waals surface area (Å²) in [5, 5.41) is 18.9. The van der Waals surface area contributed by atoms with Crippen molar-refractivity contribution >= 4 is 5.82 Å². The first kappa shape index (κ1) is 21.0. The van der Waals surface area contributed by atoms with Crippen LogP contribution in [0.25, 0.3) is 0 Å². The minimum absolute atomic E-state index is 0.151. The van der Waals surface area contributed by atoms with Crippen molar-refractivity contribution in [3.63, 3.8) is 0 Å². The van der Waals surface area contributed by atoms with Crippen LogP contribution >= 0.6 is 0 Å². The number of benzene rings is 2. The molecule has 160 valence electrons. The van der Waals surface area contributed by atoms with E-state index in [1.54, 1.807) is 41.0 Å². The lowest BCUT2D eigenvalue weighted by molar-refractivity contribution is 0.291. The van der Waals surface area contributed by atoms with Crippen molar-refractivity contribution in [2.75, 3.05) is 18.5 Å². The van der Waals surface area contributed by atoms with E-state index in [1.807, 2.05) is 24.9 Å². The number of nitriles is 2. The fourth-order valence-electron chi connectivity index (χ4n) is 3.60. The van der Waals surface area contributed by atoms with Gasteiger partial charge in [-0.05, 0) is 41.8 Å². The first-order valence-electron chi connectivity index (χ1n) is 10.2. The molecule has 0 amide bonds. The van der Waals surface area contributed by atoms with Crippen molar-refractivity contribution < 1.29 is 9.47 Å². The molecular weight excluding hydrogens is 406 g/mol. The Bertz CT molecular complexity index is 1320. The van der Waals surface area contributed by atoms with Gasteiger partial charge in [-0.1, -0.05) is 19.1 Å². The van der Waals surface area contributed by atoms with E-state index in [-0.39, 0.29) is 18.2 Å². The second-order valence-corrected chi connectivity index (χ2v) is 7.43. The molecule has 2 heterocycles. The van der Waals surface area contributed by atoms with Crippen LogP contribution in [0.1, 0.15) is 29.2 Å². The highest BCUT2D eigenvalue weighted by Crippen LogP contribution is 2.28. The predicted molar refractivity (Wildman–Crippen MR) is 118 cm³/mol. The Labute approximate surface area is 185 Å². The average molecular weight is 427 g/mol. The van der Waals surface area contributed by atoms with Crippen molar-refractivity contribution in [1.29, 1.82) is 10.5 Å². The number of anilines is 1. The number of nitrogens with zero attached hydrogens (tertiary/aromatic N) is 5. The summed E-state index contributed by atoms with van der Waals surface area (Å²) in [7, 11) is 1.91. The highest BCUT2D eigenvalue weighted by Gasteiger charge is 2.19. The fraction of sp³-hybridized carbons (Fsp3) is 0.250. The molecule has 1 aromatic heterocycles. The summed E-state index contributed by atoms with van der Waals surface area (Å²) >= 11 is 0. The molecule has 8 heteroatoms. The number of aromatic nitrogens is 2. The van der Waals surface area contributed by atoms with Crippen LogP contribution < -0.4 is 20.1 Å². The van der Waals surface area contributed by atoms with E-state index in [2.05, 4.69) is 17.1 Å². The Morgan fingerprint density at radius 2 is 1.88 bits per heavy atom. The van der Waals surface area contributed by atoms with Gasteiger partial charge in [0, 0.05) is 26.2 Å². The monoisotopic (exact) mass is 427 g/mol. The third-order valence-electron chi connectivity index (χ3n) is 5.38. The van der Waals surface area contributed by atoms with Crippen LogP contribution in [0, 0.1) is 22.7 Å². The molecule has 0 atom stereocenters. The molecule has 3 aromatic rings. The average Bonchev–Trinajstić information content (AvgIpc) is 3.19. The normalized spacial score (nSPS) is 12.1. The predicted octanol–water partition coefficient (Wildman–Crippen LogP) is 3.37. The number of fused-ring (bicyclic) bond motifs is 1. The highest BCUT2D eigenvalue weighted by atomic mass is 16.5. The molecule has 0 radical (unpaired) electrons. The van der Waals surface area contributed by atoms with Gasteiger partial charge in [0.25, 0.3) is 0 Å². The van der Waals surface area contributed by atoms with E-state index >= 15 is 0 Å². The summed E-state index contributed by atoms with van der Waals surface area (Å²) in [5.74, 6) is 1.90. The topological polar surface area (TPSA) is 104 Å². The Kier molecular flexibility index (Phi) is 5.78. The van der Waals surface area contributed by atoms with E-state index in [4.69, 9.17) is 9.47 Å². The van der Waals surface area contributed by atoms with Crippen molar-refractivity contribution in [1.82, 2.24) is 9.55 Å². The van der Waals surface area contributed by atoms with Crippen LogP contribution in [0.15, 0.2) is 47.3 Å². The number of ether oxygens (including phenoxy) is 2. The minimum atomic E-state index is -0.339. The van der Waals surface area contributed by atoms with Crippen LogP contribution in [0.4, 0.5) is 5.82 Å². The molecule has 0 bridgehead atoms. The largest absolute Gasteiger partial charge is 0.473 e. The molecule has 0 N–H and O–H groups in total. The van der Waals surface area contributed by atoms with Crippen molar-refractivity contribution in [2.45, 2.75) is 26.5 Å². The molecule has 1 aliphatic heterocycles. The number of rotatable bonds is 6. The maximum Gasteiger partial charge on any atom is 0.352 e. The van der Waals surface area contributed by atoms with Crippen molar-refractivity contribution in [3.05, 3.63) is 75.2 Å². The Morgan fingerprint density at radius 3 is 2.62 bits per heavy atom. The number of likely N-dealkylation sites (N-methyl/N-ethyl adjacent to an activating group) is 1. The number of aryl methyl sites for hydroxylation is 1. The zero-order valence-corrected chi connectivity index (χ0v) is 17.8. The van der Waals surface area contributed by atoms with E-state index in [1.165, 1.54) is 0 Å². The minimum Gasteiger partial charge on any atom is -0.473 e. The summed E-state index contributed by atoms with van der Waals surface area (Å²) in [4.78, 5) is 18.1. The summed E-state index contributed by atoms with van der Waals surface area (Å²) < 4.78 is 13.2. The van der Waals surface area contributed by atoms with Gasteiger partial charge < -0.3 is 14.4 Å². The molecule has 8 nitrogen and oxygen atoms in total. The maximum absolute atomic E-state index is 12.2. The molecule has 4 rings (SSSR count). The van der Waals surface area contributed by atoms with Gasteiger partial charge in [0.05, 0.1) is 17.2 Å². The third kappa shape index (κ3) is 4.12. The van der Waals surface area contributed by atoms with Gasteiger partial charge in [-0.25, -0.2) is 4.79 Å². The molecule has 0 saturated carbocycles. The fourth-order valence-corrected chi connectivity index (χ4v) is 3.60. The van der Waals surface area contributed by atoms with E-state index in [0.29, 0.717) is 29.2 Å². The third-order valence-corrected chi connectivity index (χ3v) is 5.38. The zero-order valence-electron chi connectivity index (χ0n) is 17.8. The molecule has 0 saturated heterocycles. The second kappa shape index (κ2) is 8.83. The van der Waals surface area contributed by atoms with Crippen LogP contribution in [0.2, 0.25) is 0 Å². The zero-order chi connectivity index (χ0) is 22.7. The first-order valence-corrected chi connectivity index (χ1v) is 10.2. The molecule has 32 heavy (non-hydrogen) atoms. The second-order valence-electron chi connectivity index (χ2n) is 7.43. The van der Waals surface area contributed by atoms with Crippen LogP contribution in [0.5, 0.6) is 17.4 Å². The Balaban J connectivity index is 1.51. The quantitative estimate of drug-likeness (QED) is 0.594. The van der Waals surface area contributed by atoms with E-state index in [0.717, 1.165) is 29.9 Å². The summed E-state index contributed by atoms with van der Waals surface area (Å²) in [5.41, 5.74) is 2.24. The first-order chi connectivity index (χ1) is 15.5. The van der Waals surface area contributed by atoms with Crippen molar-refractivity contribution in [2.24, 2.45) is 0 Å². The lowest BCUT2D eigenvalue weighted by Crippen LogP contribution is -2.22. The summed E-state index contributed by atoms with van der Waals surface area (Å²) in [6.07, 6.45) is 0.753. The number of hydrogen-bond acceptors (Lipinski definition) is 7. The van der Waals surface area contributed by atoms with Crippen LogP contribution in [-0.4, -0.2) is 23.1 Å². The maximum atomic E-state index is 12.2. The van der Waals surface area contributed by atoms with Crippen molar-refractivity contribution in [3.8, 4) is 29.5 Å². The van der Waals surface area contributed by atoms with E-state index < -0.39 is 0 Å². The van der Waals surface area contributed by atoms with Gasteiger partial charge in [0.15, 0.2) is 0 Å². The molecule has 0 spiro atoms. The summed E-state index contributed by atoms with van der Waals surface area (Å²) in [6, 6.07) is 16.5.